The Labute approximate surface area is 105 Å². The van der Waals surface area contributed by atoms with E-state index in [4.69, 9.17) is 5.73 Å². The van der Waals surface area contributed by atoms with E-state index in [1.165, 1.54) is 0 Å². The molecule has 1 saturated carbocycles. The highest BCUT2D eigenvalue weighted by atomic mass is 16.1. The zero-order chi connectivity index (χ0) is 12.7. The first-order valence-corrected chi connectivity index (χ1v) is 6.49. The molecule has 2 aromatic rings. The average molecular weight is 243 g/mol. The van der Waals surface area contributed by atoms with E-state index in [1.54, 1.807) is 0 Å². The summed E-state index contributed by atoms with van der Waals surface area (Å²) in [7, 11) is 0. The topological polar surface area (TPSA) is 60.9 Å². The number of hydrogen-bond donors (Lipinski definition) is 1. The van der Waals surface area contributed by atoms with Crippen LogP contribution in [-0.4, -0.2) is 9.55 Å². The number of hydrogen-bond acceptors (Lipinski definition) is 3. The maximum atomic E-state index is 12.5. The minimum Gasteiger partial charge on any atom is -0.321 e. The van der Waals surface area contributed by atoms with Crippen LogP contribution in [0.1, 0.15) is 44.1 Å². The first-order valence-electron chi connectivity index (χ1n) is 6.49. The lowest BCUT2D eigenvalue weighted by atomic mass is 10.2. The van der Waals surface area contributed by atoms with Crippen molar-refractivity contribution in [3.05, 3.63) is 40.4 Å². The molecule has 0 aliphatic heterocycles. The molecule has 1 atom stereocenters. The van der Waals surface area contributed by atoms with Gasteiger partial charge in [-0.3, -0.25) is 9.36 Å². The Balaban J connectivity index is 2.32. The molecular weight excluding hydrogens is 226 g/mol. The normalized spacial score (nSPS) is 17.0. The highest BCUT2D eigenvalue weighted by Crippen LogP contribution is 2.35. The molecular formula is C14H17N3O. The molecule has 0 amide bonds. The van der Waals surface area contributed by atoms with Crippen LogP contribution >= 0.6 is 0 Å². The highest BCUT2D eigenvalue weighted by molar-refractivity contribution is 5.77. The van der Waals surface area contributed by atoms with Crippen molar-refractivity contribution in [2.75, 3.05) is 0 Å². The Morgan fingerprint density at radius 2 is 2.17 bits per heavy atom. The van der Waals surface area contributed by atoms with Gasteiger partial charge in [0.2, 0.25) is 0 Å². The third kappa shape index (κ3) is 1.73. The summed E-state index contributed by atoms with van der Waals surface area (Å²) in [4.78, 5) is 17.1. The largest absolute Gasteiger partial charge is 0.321 e. The van der Waals surface area contributed by atoms with Crippen LogP contribution < -0.4 is 11.3 Å². The van der Waals surface area contributed by atoms with E-state index in [-0.39, 0.29) is 11.6 Å². The van der Waals surface area contributed by atoms with Crippen LogP contribution in [0.3, 0.4) is 0 Å². The van der Waals surface area contributed by atoms with Gasteiger partial charge in [0.25, 0.3) is 5.56 Å². The molecule has 1 aromatic carbocycles. The van der Waals surface area contributed by atoms with E-state index in [9.17, 15) is 4.79 Å². The van der Waals surface area contributed by atoms with E-state index in [0.717, 1.165) is 30.6 Å². The molecule has 0 spiro atoms. The molecule has 0 bridgehead atoms. The second-order valence-corrected chi connectivity index (χ2v) is 4.91. The van der Waals surface area contributed by atoms with Gasteiger partial charge in [-0.05, 0) is 31.4 Å². The summed E-state index contributed by atoms with van der Waals surface area (Å²) in [6.45, 7) is 2.02. The molecule has 1 aromatic heterocycles. The van der Waals surface area contributed by atoms with Crippen molar-refractivity contribution in [3.63, 3.8) is 0 Å². The van der Waals surface area contributed by atoms with Crippen LogP contribution in [0.25, 0.3) is 10.9 Å². The lowest BCUT2D eigenvalue weighted by Gasteiger charge is -2.16. The fraction of sp³-hybridized carbons (Fsp3) is 0.429. The van der Waals surface area contributed by atoms with Gasteiger partial charge in [0, 0.05) is 6.04 Å². The number of rotatable bonds is 3. The average Bonchev–Trinajstić information content (AvgIpc) is 3.22. The summed E-state index contributed by atoms with van der Waals surface area (Å²) < 4.78 is 1.82. The molecule has 0 radical (unpaired) electrons. The van der Waals surface area contributed by atoms with Crippen LogP contribution in [0.15, 0.2) is 29.1 Å². The van der Waals surface area contributed by atoms with Gasteiger partial charge in [-0.2, -0.15) is 0 Å². The fourth-order valence-electron chi connectivity index (χ4n) is 2.29. The monoisotopic (exact) mass is 243 g/mol. The summed E-state index contributed by atoms with van der Waals surface area (Å²) in [6, 6.07) is 7.63. The highest BCUT2D eigenvalue weighted by Gasteiger charge is 2.29. The minimum absolute atomic E-state index is 0.0574. The van der Waals surface area contributed by atoms with E-state index >= 15 is 0 Å². The van der Waals surface area contributed by atoms with Gasteiger partial charge in [-0.1, -0.05) is 19.1 Å². The van der Waals surface area contributed by atoms with Crippen molar-refractivity contribution in [1.82, 2.24) is 9.55 Å². The minimum atomic E-state index is -0.164. The molecule has 1 unspecified atom stereocenters. The second-order valence-electron chi connectivity index (χ2n) is 4.91. The molecule has 0 saturated heterocycles. The number of fused-ring (bicyclic) bond motifs is 1. The Kier molecular flexibility index (Phi) is 2.67. The number of nitrogens with zero attached hydrogens (tertiary/aromatic N) is 2. The first-order chi connectivity index (χ1) is 8.72. The number of aromatic nitrogens is 2. The lowest BCUT2D eigenvalue weighted by molar-refractivity contribution is 0.558. The van der Waals surface area contributed by atoms with Crippen LogP contribution in [-0.2, 0) is 0 Å². The zero-order valence-corrected chi connectivity index (χ0v) is 10.5. The van der Waals surface area contributed by atoms with Gasteiger partial charge < -0.3 is 5.73 Å². The predicted molar refractivity (Wildman–Crippen MR) is 71.5 cm³/mol. The van der Waals surface area contributed by atoms with E-state index in [1.807, 2.05) is 35.8 Å². The van der Waals surface area contributed by atoms with Crippen molar-refractivity contribution in [3.8, 4) is 0 Å². The Morgan fingerprint density at radius 3 is 2.83 bits per heavy atom. The molecule has 1 aliphatic carbocycles. The zero-order valence-electron chi connectivity index (χ0n) is 10.5. The van der Waals surface area contributed by atoms with Crippen molar-refractivity contribution in [2.45, 2.75) is 38.3 Å². The number of nitrogens with two attached hydrogens (primary N) is 1. The summed E-state index contributed by atoms with van der Waals surface area (Å²) in [6.07, 6.45) is 2.91. The predicted octanol–water partition coefficient (Wildman–Crippen LogP) is 2.14. The van der Waals surface area contributed by atoms with Gasteiger partial charge in [-0.15, -0.1) is 0 Å². The molecule has 94 valence electrons. The van der Waals surface area contributed by atoms with E-state index in [2.05, 4.69) is 4.98 Å². The standard InChI is InChI=1S/C14H17N3O/c1-2-11(15)13-16-12-6-4-3-5-10(12)14(18)17(13)9-7-8-9/h3-6,9,11H,2,7-8,15H2,1H3. The SMILES string of the molecule is CCC(N)c1nc2ccccc2c(=O)n1C1CC1. The van der Waals surface area contributed by atoms with Crippen LogP contribution in [0, 0.1) is 0 Å². The molecule has 4 heteroatoms. The fourth-order valence-corrected chi connectivity index (χ4v) is 2.29. The molecule has 4 nitrogen and oxygen atoms in total. The smallest absolute Gasteiger partial charge is 0.261 e. The van der Waals surface area contributed by atoms with Crippen molar-refractivity contribution < 1.29 is 0 Å². The summed E-state index contributed by atoms with van der Waals surface area (Å²) in [5.74, 6) is 0.740. The summed E-state index contributed by atoms with van der Waals surface area (Å²) in [5, 5.41) is 0.691. The van der Waals surface area contributed by atoms with Crippen LogP contribution in [0.2, 0.25) is 0 Å². The lowest BCUT2D eigenvalue weighted by Crippen LogP contribution is -2.28. The third-order valence-corrected chi connectivity index (χ3v) is 3.52. The molecule has 3 rings (SSSR count). The quantitative estimate of drug-likeness (QED) is 0.898. The van der Waals surface area contributed by atoms with Crippen LogP contribution in [0.4, 0.5) is 0 Å². The van der Waals surface area contributed by atoms with Crippen LogP contribution in [0.5, 0.6) is 0 Å². The van der Waals surface area contributed by atoms with Gasteiger partial charge in [-0.25, -0.2) is 4.98 Å². The molecule has 18 heavy (non-hydrogen) atoms. The summed E-state index contributed by atoms with van der Waals surface area (Å²) >= 11 is 0. The third-order valence-electron chi connectivity index (χ3n) is 3.52. The van der Waals surface area contributed by atoms with Gasteiger partial charge in [0.05, 0.1) is 16.9 Å². The van der Waals surface area contributed by atoms with E-state index < -0.39 is 0 Å². The maximum Gasteiger partial charge on any atom is 0.261 e. The number of benzene rings is 1. The number of para-hydroxylation sites is 1. The Hall–Kier alpha value is -1.68. The molecule has 1 fully saturated rings. The second kappa shape index (κ2) is 4.21. The maximum absolute atomic E-state index is 12.5. The van der Waals surface area contributed by atoms with Crippen molar-refractivity contribution in [2.24, 2.45) is 5.73 Å². The summed E-state index contributed by atoms with van der Waals surface area (Å²) in [5.41, 5.74) is 6.90. The Bertz CT molecular complexity index is 643. The van der Waals surface area contributed by atoms with Crippen molar-refractivity contribution >= 4 is 10.9 Å². The first kappa shape index (κ1) is 11.4. The van der Waals surface area contributed by atoms with Crippen molar-refractivity contribution in [1.29, 1.82) is 0 Å². The van der Waals surface area contributed by atoms with E-state index in [0.29, 0.717) is 11.4 Å². The van der Waals surface area contributed by atoms with Gasteiger partial charge in [0.15, 0.2) is 0 Å². The molecule has 1 aliphatic rings. The van der Waals surface area contributed by atoms with Gasteiger partial charge >= 0.3 is 0 Å². The Morgan fingerprint density at radius 1 is 1.44 bits per heavy atom. The molecule has 2 N–H and O–H groups in total. The van der Waals surface area contributed by atoms with Gasteiger partial charge in [0.1, 0.15) is 5.82 Å². The molecule has 1 heterocycles.